The Balaban J connectivity index is 1.22. The molecule has 12 rings (SSSR count). The van der Waals surface area contributed by atoms with Crippen LogP contribution >= 0.6 is 0 Å². The SMILES string of the molecule is CCCCOc1ccc(N(c2ccc(C)cc2)c2cc(N(c3ccc(C)cc3)c3ccc(OCCCC)cc3)c3ccc4c(N(c5ccc(C)cc5)c5ccc(OCCCC)cc5)cc(N(c5ccc(C)cc5)c5ccc(OCCCC)cc5)c5ccc2c3c54)cc1. The fourth-order valence-electron chi connectivity index (χ4n) is 12.2. The molecule has 8 nitrogen and oxygen atoms in total. The fraction of sp³-hybridized carbons (Fsp3) is 0.238. The molecular formula is C84H86N4O4. The van der Waals surface area contributed by atoms with Gasteiger partial charge in [-0.1, -0.05) is 148 Å². The van der Waals surface area contributed by atoms with Crippen molar-refractivity contribution in [3.63, 3.8) is 0 Å². The second-order valence-corrected chi connectivity index (χ2v) is 24.4. The van der Waals surface area contributed by atoms with Gasteiger partial charge in [0.05, 0.1) is 49.2 Å². The van der Waals surface area contributed by atoms with Gasteiger partial charge in [-0.25, -0.2) is 0 Å². The molecule has 0 N–H and O–H groups in total. The summed E-state index contributed by atoms with van der Waals surface area (Å²) >= 11 is 0. The molecule has 466 valence electrons. The van der Waals surface area contributed by atoms with Gasteiger partial charge in [0, 0.05) is 77.8 Å². The molecule has 0 saturated heterocycles. The number of hydrogen-bond acceptors (Lipinski definition) is 8. The van der Waals surface area contributed by atoms with Crippen LogP contribution in [0.4, 0.5) is 68.2 Å². The Kier molecular flexibility index (Phi) is 19.6. The Labute approximate surface area is 545 Å². The average Bonchev–Trinajstić information content (AvgIpc) is 0.703. The van der Waals surface area contributed by atoms with Crippen molar-refractivity contribution in [1.82, 2.24) is 0 Å². The highest BCUT2D eigenvalue weighted by molar-refractivity contribution is 6.33. The van der Waals surface area contributed by atoms with Crippen molar-refractivity contribution in [2.45, 2.75) is 107 Å². The molecule has 0 bridgehead atoms. The van der Waals surface area contributed by atoms with Crippen molar-refractivity contribution in [3.8, 4) is 23.0 Å². The Morgan fingerprint density at radius 3 is 0.576 bits per heavy atom. The summed E-state index contributed by atoms with van der Waals surface area (Å²) in [6.45, 7) is 20.1. The van der Waals surface area contributed by atoms with Gasteiger partial charge in [0.15, 0.2) is 0 Å². The van der Waals surface area contributed by atoms with Crippen LogP contribution in [0, 0.1) is 27.7 Å². The molecule has 0 aromatic heterocycles. The van der Waals surface area contributed by atoms with Crippen molar-refractivity contribution in [2.24, 2.45) is 0 Å². The smallest absolute Gasteiger partial charge is 0.119 e. The van der Waals surface area contributed by atoms with Crippen LogP contribution in [-0.2, 0) is 0 Å². The second kappa shape index (κ2) is 28.9. The lowest BCUT2D eigenvalue weighted by molar-refractivity contribution is 0.309. The van der Waals surface area contributed by atoms with E-state index in [1.807, 2.05) is 0 Å². The van der Waals surface area contributed by atoms with E-state index in [4.69, 9.17) is 18.9 Å². The maximum Gasteiger partial charge on any atom is 0.119 e. The van der Waals surface area contributed by atoms with E-state index in [1.54, 1.807) is 0 Å². The minimum Gasteiger partial charge on any atom is -0.494 e. The standard InChI is InChI=1S/C84H86N4O4/c1-9-13-53-89-71-41-33-67(34-42-71)85(63-25-17-59(5)18-26-63)79-57-80(86(64-27-19-60(6)20-28-64)68-35-43-72(44-36-68)90-54-14-10-2)76-51-52-78-82(88(66-31-23-62(8)24-32-66)70-39-47-74(48-40-70)92-56-16-12-4)58-81(77-50-49-75(79)83(76)84(77)78)87(65-29-21-61(7)22-30-65)69-37-45-73(46-38-69)91-55-15-11-3/h17-52,57-58H,9-16,53-56H2,1-8H3. The zero-order valence-corrected chi connectivity index (χ0v) is 54.8. The minimum atomic E-state index is 0.667. The van der Waals surface area contributed by atoms with Crippen LogP contribution < -0.4 is 38.5 Å². The molecule has 0 heterocycles. The highest BCUT2D eigenvalue weighted by Crippen LogP contribution is 2.55. The lowest BCUT2D eigenvalue weighted by Gasteiger charge is -2.34. The number of hydrogen-bond donors (Lipinski definition) is 0. The monoisotopic (exact) mass is 1210 g/mol. The maximum absolute atomic E-state index is 6.35. The summed E-state index contributed by atoms with van der Waals surface area (Å²) in [4.78, 5) is 9.76. The fourth-order valence-corrected chi connectivity index (χ4v) is 12.2. The molecule has 0 atom stereocenters. The van der Waals surface area contributed by atoms with Crippen LogP contribution in [0.3, 0.4) is 0 Å². The molecular weight excluding hydrogens is 1130 g/mol. The van der Waals surface area contributed by atoms with Gasteiger partial charge in [-0.3, -0.25) is 0 Å². The van der Waals surface area contributed by atoms with Gasteiger partial charge >= 0.3 is 0 Å². The van der Waals surface area contributed by atoms with Crippen molar-refractivity contribution in [2.75, 3.05) is 46.0 Å². The van der Waals surface area contributed by atoms with E-state index >= 15 is 0 Å². The van der Waals surface area contributed by atoms with E-state index in [0.717, 1.165) is 175 Å². The third-order valence-electron chi connectivity index (χ3n) is 17.4. The lowest BCUT2D eigenvalue weighted by Crippen LogP contribution is -2.16. The van der Waals surface area contributed by atoms with Gasteiger partial charge in [-0.15, -0.1) is 0 Å². The van der Waals surface area contributed by atoms with Crippen molar-refractivity contribution in [1.29, 1.82) is 0 Å². The predicted molar refractivity (Wildman–Crippen MR) is 389 cm³/mol. The van der Waals surface area contributed by atoms with Crippen LogP contribution in [0.2, 0.25) is 0 Å². The third-order valence-corrected chi connectivity index (χ3v) is 17.4. The Morgan fingerprint density at radius 2 is 0.402 bits per heavy atom. The Morgan fingerprint density at radius 1 is 0.228 bits per heavy atom. The molecule has 12 aromatic rings. The molecule has 0 unspecified atom stereocenters. The Bertz CT molecular complexity index is 3780. The summed E-state index contributed by atoms with van der Waals surface area (Å²) in [5, 5.41) is 6.67. The summed E-state index contributed by atoms with van der Waals surface area (Å²) in [7, 11) is 0. The molecule has 0 spiro atoms. The number of rotatable bonds is 28. The van der Waals surface area contributed by atoms with Crippen LogP contribution in [0.5, 0.6) is 23.0 Å². The summed E-state index contributed by atoms with van der Waals surface area (Å²) in [5.74, 6) is 3.40. The van der Waals surface area contributed by atoms with Gasteiger partial charge in [-0.05, 0) is 211 Å². The zero-order chi connectivity index (χ0) is 63.5. The van der Waals surface area contributed by atoms with Gasteiger partial charge in [0.1, 0.15) is 23.0 Å². The van der Waals surface area contributed by atoms with Gasteiger partial charge < -0.3 is 38.5 Å². The van der Waals surface area contributed by atoms with Crippen LogP contribution in [0.25, 0.3) is 32.3 Å². The van der Waals surface area contributed by atoms with Crippen molar-refractivity contribution in [3.05, 3.63) is 253 Å². The summed E-state index contributed by atoms with van der Waals surface area (Å²) in [6, 6.07) is 84.8. The lowest BCUT2D eigenvalue weighted by atomic mass is 9.89. The Hall–Kier alpha value is -9.92. The van der Waals surface area contributed by atoms with Gasteiger partial charge in [-0.2, -0.15) is 0 Å². The molecule has 12 aromatic carbocycles. The molecule has 0 aliphatic carbocycles. The second-order valence-electron chi connectivity index (χ2n) is 24.4. The summed E-state index contributed by atoms with van der Waals surface area (Å²) in [5.41, 5.74) is 17.0. The topological polar surface area (TPSA) is 49.9 Å². The largest absolute Gasteiger partial charge is 0.494 e. The first-order valence-electron chi connectivity index (χ1n) is 33.3. The van der Waals surface area contributed by atoms with Gasteiger partial charge in [0.25, 0.3) is 0 Å². The predicted octanol–water partition coefficient (Wildman–Crippen LogP) is 24.4. The quantitative estimate of drug-likeness (QED) is 0.0355. The van der Waals surface area contributed by atoms with E-state index < -0.39 is 0 Å². The molecule has 0 fully saturated rings. The first-order valence-corrected chi connectivity index (χ1v) is 33.3. The van der Waals surface area contributed by atoms with Crippen LogP contribution in [0.15, 0.2) is 231 Å². The number of ether oxygens (including phenoxy) is 4. The summed E-state index contributed by atoms with van der Waals surface area (Å²) in [6.07, 6.45) is 8.21. The molecule has 92 heavy (non-hydrogen) atoms. The molecule has 0 aliphatic heterocycles. The average molecular weight is 1220 g/mol. The number of nitrogens with zero attached hydrogens (tertiary/aromatic N) is 4. The van der Waals surface area contributed by atoms with E-state index in [9.17, 15) is 0 Å². The highest BCUT2D eigenvalue weighted by atomic mass is 16.5. The van der Waals surface area contributed by atoms with Crippen molar-refractivity contribution >= 4 is 101 Å². The molecule has 0 aliphatic rings. The molecule has 0 amide bonds. The number of unbranched alkanes of at least 4 members (excludes halogenated alkanes) is 4. The number of benzene rings is 12. The minimum absolute atomic E-state index is 0.667. The number of aryl methyl sites for hydroxylation is 4. The molecule has 0 saturated carbocycles. The number of anilines is 12. The van der Waals surface area contributed by atoms with Crippen LogP contribution in [-0.4, -0.2) is 26.4 Å². The first-order chi connectivity index (χ1) is 45.1. The first kappa shape index (κ1) is 62.3. The normalized spacial score (nSPS) is 11.3. The van der Waals surface area contributed by atoms with E-state index in [2.05, 4.69) is 306 Å². The summed E-state index contributed by atoms with van der Waals surface area (Å²) < 4.78 is 25.4. The van der Waals surface area contributed by atoms with E-state index in [1.165, 1.54) is 22.3 Å². The van der Waals surface area contributed by atoms with Crippen molar-refractivity contribution < 1.29 is 18.9 Å². The van der Waals surface area contributed by atoms with E-state index in [0.29, 0.717) is 26.4 Å². The highest BCUT2D eigenvalue weighted by Gasteiger charge is 2.30. The zero-order valence-electron chi connectivity index (χ0n) is 54.8. The van der Waals surface area contributed by atoms with E-state index in [-0.39, 0.29) is 0 Å². The van der Waals surface area contributed by atoms with Crippen LogP contribution in [0.1, 0.15) is 101 Å². The third kappa shape index (κ3) is 13.6. The molecule has 8 heteroatoms. The molecule has 0 radical (unpaired) electrons. The maximum atomic E-state index is 6.35. The van der Waals surface area contributed by atoms with Gasteiger partial charge in [0.2, 0.25) is 0 Å².